The van der Waals surface area contributed by atoms with Crippen molar-refractivity contribution in [2.45, 2.75) is 31.6 Å². The highest BCUT2D eigenvalue weighted by Gasteiger charge is 2.06. The van der Waals surface area contributed by atoms with E-state index in [9.17, 15) is 4.79 Å². The molecule has 0 fully saturated rings. The Kier molecular flexibility index (Phi) is 5.21. The van der Waals surface area contributed by atoms with Gasteiger partial charge in [-0.05, 0) is 18.0 Å². The van der Waals surface area contributed by atoms with Gasteiger partial charge in [0.2, 0.25) is 5.24 Å². The minimum atomic E-state index is -0.344. The predicted molar refractivity (Wildman–Crippen MR) is 40.0 cm³/mol. The Morgan fingerprint density at radius 2 is 2.22 bits per heavy atom. The maximum atomic E-state index is 10.2. The molecule has 0 aliphatic heterocycles. The van der Waals surface area contributed by atoms with Crippen molar-refractivity contribution < 1.29 is 4.79 Å². The fourth-order valence-electron chi connectivity index (χ4n) is 0.589. The summed E-state index contributed by atoms with van der Waals surface area (Å²) in [5.41, 5.74) is 0. The largest absolute Gasteiger partial charge is 0.281 e. The number of carbonyl (C=O) groups excluding carboxylic acids is 1. The van der Waals surface area contributed by atoms with Gasteiger partial charge in [-0.15, -0.1) is 11.6 Å². The van der Waals surface area contributed by atoms with E-state index < -0.39 is 0 Å². The molecule has 0 aliphatic carbocycles. The molecule has 1 nitrogen and oxygen atoms in total. The molecular weight excluding hydrogens is 159 g/mol. The smallest absolute Gasteiger partial charge is 0.223 e. The standard InChI is InChI=1S/C6H10Cl2O/c1-2-3-5(7)4-6(8)9/h5H,2-4H2,1H3. The molecule has 0 aromatic rings. The second kappa shape index (κ2) is 5.07. The van der Waals surface area contributed by atoms with Crippen molar-refractivity contribution >= 4 is 28.4 Å². The van der Waals surface area contributed by atoms with Gasteiger partial charge in [-0.3, -0.25) is 4.79 Å². The van der Waals surface area contributed by atoms with E-state index in [1.807, 2.05) is 6.92 Å². The molecule has 0 amide bonds. The summed E-state index contributed by atoms with van der Waals surface area (Å²) >= 11 is 10.8. The molecule has 0 bridgehead atoms. The van der Waals surface area contributed by atoms with Crippen LogP contribution in [0.4, 0.5) is 0 Å². The predicted octanol–water partition coefficient (Wildman–Crippen LogP) is 2.55. The zero-order valence-electron chi connectivity index (χ0n) is 5.36. The van der Waals surface area contributed by atoms with Crippen LogP contribution in [0.15, 0.2) is 0 Å². The van der Waals surface area contributed by atoms with Crippen molar-refractivity contribution in [3.63, 3.8) is 0 Å². The lowest BCUT2D eigenvalue weighted by Gasteiger charge is -2.01. The molecule has 1 unspecified atom stereocenters. The fraction of sp³-hybridized carbons (Fsp3) is 0.833. The average molecular weight is 169 g/mol. The highest BCUT2D eigenvalue weighted by molar-refractivity contribution is 6.63. The van der Waals surface area contributed by atoms with Gasteiger partial charge in [0.1, 0.15) is 0 Å². The van der Waals surface area contributed by atoms with Crippen LogP contribution in [-0.4, -0.2) is 10.6 Å². The summed E-state index contributed by atoms with van der Waals surface area (Å²) in [6, 6.07) is 0. The normalized spacial score (nSPS) is 13.2. The van der Waals surface area contributed by atoms with Gasteiger partial charge in [0, 0.05) is 11.8 Å². The lowest BCUT2D eigenvalue weighted by molar-refractivity contribution is -0.111. The summed E-state index contributed by atoms with van der Waals surface area (Å²) in [5, 5.41) is -0.413. The molecule has 0 rings (SSSR count). The summed E-state index contributed by atoms with van der Waals surface area (Å²) in [6.45, 7) is 2.02. The molecular formula is C6H10Cl2O. The Morgan fingerprint density at radius 3 is 2.56 bits per heavy atom. The maximum absolute atomic E-state index is 10.2. The Morgan fingerprint density at radius 1 is 1.67 bits per heavy atom. The van der Waals surface area contributed by atoms with Gasteiger partial charge in [-0.1, -0.05) is 13.3 Å². The molecule has 0 aromatic heterocycles. The van der Waals surface area contributed by atoms with Crippen molar-refractivity contribution in [2.24, 2.45) is 0 Å². The summed E-state index contributed by atoms with van der Waals surface area (Å²) in [4.78, 5) is 10.2. The summed E-state index contributed by atoms with van der Waals surface area (Å²) in [6.07, 6.45) is 2.15. The van der Waals surface area contributed by atoms with Gasteiger partial charge in [-0.25, -0.2) is 0 Å². The number of halogens is 2. The Labute approximate surface area is 65.3 Å². The zero-order chi connectivity index (χ0) is 7.28. The summed E-state index contributed by atoms with van der Waals surface area (Å²) < 4.78 is 0. The Hall–Kier alpha value is 0.250. The number of alkyl halides is 1. The van der Waals surface area contributed by atoms with Gasteiger partial charge < -0.3 is 0 Å². The summed E-state index contributed by atoms with van der Waals surface area (Å²) in [7, 11) is 0. The van der Waals surface area contributed by atoms with Crippen LogP contribution in [0.25, 0.3) is 0 Å². The van der Waals surface area contributed by atoms with Crippen molar-refractivity contribution in [3.8, 4) is 0 Å². The third-order valence-corrected chi connectivity index (χ3v) is 1.51. The monoisotopic (exact) mass is 168 g/mol. The first-order valence-electron chi connectivity index (χ1n) is 2.99. The highest BCUT2D eigenvalue weighted by Crippen LogP contribution is 2.10. The SMILES string of the molecule is CCCC(Cl)CC(=O)Cl. The number of rotatable bonds is 4. The lowest BCUT2D eigenvalue weighted by atomic mass is 10.2. The lowest BCUT2D eigenvalue weighted by Crippen LogP contribution is -2.01. The molecule has 1 atom stereocenters. The molecule has 0 aliphatic rings. The molecule has 0 saturated carbocycles. The summed E-state index contributed by atoms with van der Waals surface area (Å²) in [5.74, 6) is 0. The maximum Gasteiger partial charge on any atom is 0.223 e. The van der Waals surface area contributed by atoms with E-state index in [2.05, 4.69) is 0 Å². The highest BCUT2D eigenvalue weighted by atomic mass is 35.5. The minimum Gasteiger partial charge on any atom is -0.281 e. The van der Waals surface area contributed by atoms with Crippen LogP contribution in [0.2, 0.25) is 0 Å². The molecule has 54 valence electrons. The number of hydrogen-bond donors (Lipinski definition) is 0. The number of hydrogen-bond acceptors (Lipinski definition) is 1. The molecule has 0 aromatic carbocycles. The zero-order valence-corrected chi connectivity index (χ0v) is 6.87. The van der Waals surface area contributed by atoms with Gasteiger partial charge in [-0.2, -0.15) is 0 Å². The minimum absolute atomic E-state index is 0.0694. The van der Waals surface area contributed by atoms with Crippen LogP contribution in [0, 0.1) is 0 Å². The molecule has 0 heterocycles. The van der Waals surface area contributed by atoms with E-state index in [0.29, 0.717) is 0 Å². The average Bonchev–Trinajstić information content (AvgIpc) is 1.63. The first-order valence-corrected chi connectivity index (χ1v) is 3.80. The van der Waals surface area contributed by atoms with Crippen LogP contribution in [0.1, 0.15) is 26.2 Å². The Bertz CT molecular complexity index is 93.1. The van der Waals surface area contributed by atoms with Crippen molar-refractivity contribution in [1.82, 2.24) is 0 Å². The van der Waals surface area contributed by atoms with E-state index in [1.165, 1.54) is 0 Å². The quantitative estimate of drug-likeness (QED) is 0.466. The third kappa shape index (κ3) is 6.13. The molecule has 0 saturated heterocycles. The third-order valence-electron chi connectivity index (χ3n) is 0.984. The molecule has 0 N–H and O–H groups in total. The molecule has 9 heavy (non-hydrogen) atoms. The van der Waals surface area contributed by atoms with Gasteiger partial charge in [0.15, 0.2) is 0 Å². The van der Waals surface area contributed by atoms with Crippen LogP contribution in [-0.2, 0) is 4.79 Å². The van der Waals surface area contributed by atoms with E-state index in [4.69, 9.17) is 23.2 Å². The first kappa shape index (κ1) is 9.25. The van der Waals surface area contributed by atoms with E-state index in [1.54, 1.807) is 0 Å². The van der Waals surface area contributed by atoms with Gasteiger partial charge >= 0.3 is 0 Å². The van der Waals surface area contributed by atoms with Gasteiger partial charge in [0.05, 0.1) is 0 Å². The molecule has 3 heteroatoms. The van der Waals surface area contributed by atoms with Crippen molar-refractivity contribution in [1.29, 1.82) is 0 Å². The fourth-order valence-corrected chi connectivity index (χ4v) is 1.21. The van der Waals surface area contributed by atoms with Crippen LogP contribution in [0.5, 0.6) is 0 Å². The van der Waals surface area contributed by atoms with Crippen molar-refractivity contribution in [3.05, 3.63) is 0 Å². The Balaban J connectivity index is 3.26. The van der Waals surface area contributed by atoms with Crippen LogP contribution in [0.3, 0.4) is 0 Å². The van der Waals surface area contributed by atoms with E-state index in [-0.39, 0.29) is 17.0 Å². The number of carbonyl (C=O) groups is 1. The van der Waals surface area contributed by atoms with Crippen LogP contribution >= 0.6 is 23.2 Å². The second-order valence-electron chi connectivity index (χ2n) is 1.95. The second-order valence-corrected chi connectivity index (χ2v) is 2.98. The molecule has 0 radical (unpaired) electrons. The van der Waals surface area contributed by atoms with E-state index in [0.717, 1.165) is 12.8 Å². The van der Waals surface area contributed by atoms with Crippen molar-refractivity contribution in [2.75, 3.05) is 0 Å². The first-order chi connectivity index (χ1) is 4.16. The topological polar surface area (TPSA) is 17.1 Å². The molecule has 0 spiro atoms. The van der Waals surface area contributed by atoms with E-state index >= 15 is 0 Å². The van der Waals surface area contributed by atoms with Crippen LogP contribution < -0.4 is 0 Å². The van der Waals surface area contributed by atoms with Gasteiger partial charge in [0.25, 0.3) is 0 Å².